The maximum absolute atomic E-state index is 5.37. The van der Waals surface area contributed by atoms with E-state index in [0.29, 0.717) is 29.3 Å². The Labute approximate surface area is 400 Å². The Morgan fingerprint density at radius 3 is 1.06 bits per heavy atom. The SMILES string of the molecule is Cc1cc(C)cc(-n2c(-c3ccc(C(C)C)cc3)nc3cc(-c4nc(-c5ccc(C(C)(C)C)cc5)nc(-c5ccc6c(c5)nc(-c5ccc(C(C)C)cc5)n6-c5cc(C)cc(C)c5)n4)ccc32)c1. The van der Waals surface area contributed by atoms with Crippen molar-refractivity contribution < 1.29 is 0 Å². The standard InChI is InChI=1S/C61H59N7/c1-36(2)42-12-16-45(17-13-42)59-62-52-34-47(22-26-54(52)67(59)50-30-38(5)28-39(6)31-50)57-64-56(44-20-24-49(25-21-44)61(9,10)11)65-58(66-57)48-23-27-55-53(35-48)63-60(46-18-14-43(15-19-46)37(3)4)68(55)51-32-40(7)29-41(8)33-51/h12-37H,1-11H3. The number of fused-ring (bicyclic) bond motifs is 2. The van der Waals surface area contributed by atoms with Crippen LogP contribution in [0.5, 0.6) is 0 Å². The molecule has 3 heterocycles. The zero-order valence-electron chi connectivity index (χ0n) is 41.1. The topological polar surface area (TPSA) is 74.3 Å². The summed E-state index contributed by atoms with van der Waals surface area (Å²) < 4.78 is 4.56. The lowest BCUT2D eigenvalue weighted by Crippen LogP contribution is -2.10. The summed E-state index contributed by atoms with van der Waals surface area (Å²) in [7, 11) is 0. The fraction of sp³-hybridized carbons (Fsp3) is 0.230. The van der Waals surface area contributed by atoms with Crippen LogP contribution in [0.2, 0.25) is 0 Å². The lowest BCUT2D eigenvalue weighted by Gasteiger charge is -2.19. The van der Waals surface area contributed by atoms with Gasteiger partial charge in [0.15, 0.2) is 17.5 Å². The van der Waals surface area contributed by atoms with Crippen molar-refractivity contribution in [2.24, 2.45) is 0 Å². The molecule has 3 aromatic heterocycles. The highest BCUT2D eigenvalue weighted by atomic mass is 15.1. The summed E-state index contributed by atoms with van der Waals surface area (Å²) in [5.74, 6) is 4.38. The smallest absolute Gasteiger partial charge is 0.164 e. The van der Waals surface area contributed by atoms with Crippen LogP contribution in [-0.2, 0) is 5.41 Å². The lowest BCUT2D eigenvalue weighted by molar-refractivity contribution is 0.590. The van der Waals surface area contributed by atoms with Crippen LogP contribution in [-0.4, -0.2) is 34.1 Å². The molecule has 0 saturated carbocycles. The van der Waals surface area contributed by atoms with Gasteiger partial charge in [0.2, 0.25) is 0 Å². The number of aromatic nitrogens is 7. The van der Waals surface area contributed by atoms with Crippen LogP contribution in [0, 0.1) is 27.7 Å². The third-order valence-corrected chi connectivity index (χ3v) is 13.1. The van der Waals surface area contributed by atoms with Gasteiger partial charge in [-0.05, 0) is 145 Å². The van der Waals surface area contributed by atoms with Crippen LogP contribution in [0.1, 0.15) is 99.2 Å². The first kappa shape index (κ1) is 44.3. The summed E-state index contributed by atoms with van der Waals surface area (Å²) in [5, 5.41) is 0. The molecule has 0 amide bonds. The minimum atomic E-state index is 0.00447. The molecule has 0 spiro atoms. The lowest BCUT2D eigenvalue weighted by atomic mass is 9.87. The Morgan fingerprint density at radius 1 is 0.368 bits per heavy atom. The Bertz CT molecular complexity index is 3260. The Morgan fingerprint density at radius 2 is 0.706 bits per heavy atom. The van der Waals surface area contributed by atoms with E-state index in [4.69, 9.17) is 24.9 Å². The Balaban J connectivity index is 1.15. The Kier molecular flexibility index (Phi) is 11.3. The van der Waals surface area contributed by atoms with Crippen molar-refractivity contribution in [3.05, 3.63) is 185 Å². The monoisotopic (exact) mass is 889 g/mol. The zero-order valence-corrected chi connectivity index (χ0v) is 41.1. The predicted molar refractivity (Wildman–Crippen MR) is 282 cm³/mol. The van der Waals surface area contributed by atoms with Crippen molar-refractivity contribution in [3.63, 3.8) is 0 Å². The maximum atomic E-state index is 5.37. The molecule has 68 heavy (non-hydrogen) atoms. The molecule has 0 radical (unpaired) electrons. The summed E-state index contributed by atoms with van der Waals surface area (Å²) in [6.45, 7) is 24.2. The number of aryl methyl sites for hydroxylation is 4. The number of hydrogen-bond acceptors (Lipinski definition) is 5. The molecule has 0 fully saturated rings. The quantitative estimate of drug-likeness (QED) is 0.144. The molecule has 0 aliphatic carbocycles. The average molecular weight is 890 g/mol. The number of benzene rings is 7. The molecule has 7 heteroatoms. The number of nitrogens with zero attached hydrogens (tertiary/aromatic N) is 7. The van der Waals surface area contributed by atoms with Gasteiger partial charge in [0.25, 0.3) is 0 Å². The van der Waals surface area contributed by atoms with Gasteiger partial charge in [-0.25, -0.2) is 24.9 Å². The average Bonchev–Trinajstić information content (AvgIpc) is 3.89. The van der Waals surface area contributed by atoms with Gasteiger partial charge < -0.3 is 0 Å². The second-order valence-electron chi connectivity index (χ2n) is 20.3. The van der Waals surface area contributed by atoms with Crippen molar-refractivity contribution in [1.29, 1.82) is 0 Å². The minimum Gasteiger partial charge on any atom is -0.292 e. The van der Waals surface area contributed by atoms with Crippen molar-refractivity contribution in [2.75, 3.05) is 0 Å². The summed E-state index contributed by atoms with van der Waals surface area (Å²) in [5.41, 5.74) is 19.3. The summed E-state index contributed by atoms with van der Waals surface area (Å²) in [6.07, 6.45) is 0. The number of rotatable bonds is 9. The van der Waals surface area contributed by atoms with Crippen LogP contribution in [0.4, 0.5) is 0 Å². The zero-order chi connectivity index (χ0) is 47.6. The van der Waals surface area contributed by atoms with E-state index >= 15 is 0 Å². The summed E-state index contributed by atoms with van der Waals surface area (Å²) in [6, 6.07) is 52.4. The first-order valence-electron chi connectivity index (χ1n) is 23.9. The minimum absolute atomic E-state index is 0.00447. The van der Waals surface area contributed by atoms with Gasteiger partial charge in [0, 0.05) is 39.2 Å². The van der Waals surface area contributed by atoms with Crippen molar-refractivity contribution >= 4 is 22.1 Å². The highest BCUT2D eigenvalue weighted by Crippen LogP contribution is 2.36. The molecule has 0 saturated heterocycles. The second kappa shape index (κ2) is 17.3. The first-order chi connectivity index (χ1) is 32.6. The van der Waals surface area contributed by atoms with E-state index in [-0.39, 0.29) is 5.41 Å². The molecular weight excluding hydrogens is 831 g/mol. The number of hydrogen-bond donors (Lipinski definition) is 0. The third-order valence-electron chi connectivity index (χ3n) is 13.1. The van der Waals surface area contributed by atoms with Crippen LogP contribution in [0.25, 0.3) is 90.4 Å². The van der Waals surface area contributed by atoms with Gasteiger partial charge in [-0.1, -0.05) is 133 Å². The summed E-state index contributed by atoms with van der Waals surface area (Å²) in [4.78, 5) is 26.4. The molecule has 7 nitrogen and oxygen atoms in total. The Hall–Kier alpha value is -7.51. The van der Waals surface area contributed by atoms with Crippen LogP contribution in [0.3, 0.4) is 0 Å². The summed E-state index contributed by atoms with van der Waals surface area (Å²) >= 11 is 0. The van der Waals surface area contributed by atoms with Crippen LogP contribution in [0.15, 0.2) is 146 Å². The fourth-order valence-electron chi connectivity index (χ4n) is 9.42. The highest BCUT2D eigenvalue weighted by molar-refractivity contribution is 5.89. The van der Waals surface area contributed by atoms with Gasteiger partial charge in [0.1, 0.15) is 11.6 Å². The fourth-order valence-corrected chi connectivity index (χ4v) is 9.42. The highest BCUT2D eigenvalue weighted by Gasteiger charge is 2.22. The molecule has 0 N–H and O–H groups in total. The van der Waals surface area contributed by atoms with Crippen molar-refractivity contribution in [3.8, 4) is 68.3 Å². The molecule has 0 aliphatic heterocycles. The van der Waals surface area contributed by atoms with Crippen molar-refractivity contribution in [1.82, 2.24) is 34.1 Å². The molecule has 0 aliphatic rings. The third kappa shape index (κ3) is 8.54. The molecular formula is C61H59N7. The predicted octanol–water partition coefficient (Wildman–Crippen LogP) is 15.7. The normalized spacial score (nSPS) is 12.0. The number of imidazole rings is 2. The maximum Gasteiger partial charge on any atom is 0.164 e. The first-order valence-corrected chi connectivity index (χ1v) is 23.9. The molecule has 7 aromatic carbocycles. The van der Waals surface area contributed by atoms with Gasteiger partial charge >= 0.3 is 0 Å². The molecule has 338 valence electrons. The van der Waals surface area contributed by atoms with Gasteiger partial charge in [-0.3, -0.25) is 9.13 Å². The molecule has 0 bridgehead atoms. The van der Waals surface area contributed by atoms with Crippen molar-refractivity contribution in [2.45, 2.75) is 93.4 Å². The van der Waals surface area contributed by atoms with E-state index in [1.54, 1.807) is 0 Å². The van der Waals surface area contributed by atoms with E-state index in [2.05, 4.69) is 231 Å². The second-order valence-corrected chi connectivity index (χ2v) is 20.3. The van der Waals surface area contributed by atoms with E-state index in [0.717, 1.165) is 72.9 Å². The van der Waals surface area contributed by atoms with E-state index in [1.807, 2.05) is 0 Å². The molecule has 10 aromatic rings. The van der Waals surface area contributed by atoms with Gasteiger partial charge in [0.05, 0.1) is 22.1 Å². The van der Waals surface area contributed by atoms with Crippen LogP contribution >= 0.6 is 0 Å². The molecule has 0 unspecified atom stereocenters. The van der Waals surface area contributed by atoms with E-state index in [1.165, 1.54) is 38.9 Å². The largest absolute Gasteiger partial charge is 0.292 e. The van der Waals surface area contributed by atoms with E-state index < -0.39 is 0 Å². The van der Waals surface area contributed by atoms with Gasteiger partial charge in [-0.2, -0.15) is 0 Å². The van der Waals surface area contributed by atoms with Crippen LogP contribution < -0.4 is 0 Å². The van der Waals surface area contributed by atoms with E-state index in [9.17, 15) is 0 Å². The van der Waals surface area contributed by atoms with Gasteiger partial charge in [-0.15, -0.1) is 0 Å². The molecule has 0 atom stereocenters. The molecule has 10 rings (SSSR count).